The van der Waals surface area contributed by atoms with Gasteiger partial charge >= 0.3 is 6.03 Å². The van der Waals surface area contributed by atoms with Crippen molar-refractivity contribution in [2.75, 3.05) is 5.32 Å². The highest BCUT2D eigenvalue weighted by Gasteiger charge is 1.99. The van der Waals surface area contributed by atoms with E-state index in [0.29, 0.717) is 11.3 Å². The van der Waals surface area contributed by atoms with Crippen molar-refractivity contribution in [3.8, 4) is 24.2 Å². The van der Waals surface area contributed by atoms with Crippen molar-refractivity contribution in [3.63, 3.8) is 0 Å². The maximum atomic E-state index is 10.6. The number of terminal acetylenes is 1. The van der Waals surface area contributed by atoms with Gasteiger partial charge in [0.15, 0.2) is 0 Å². The first kappa shape index (κ1) is 9.70. The predicted octanol–water partition coefficient (Wildman–Crippen LogP) is 1.16. The van der Waals surface area contributed by atoms with E-state index in [2.05, 4.69) is 23.1 Å². The van der Waals surface area contributed by atoms with E-state index in [1.807, 2.05) is 0 Å². The van der Waals surface area contributed by atoms with E-state index in [0.717, 1.165) is 0 Å². The van der Waals surface area contributed by atoms with Gasteiger partial charge in [-0.25, -0.2) is 4.79 Å². The molecule has 1 rings (SSSR count). The van der Waals surface area contributed by atoms with Gasteiger partial charge in [-0.1, -0.05) is 18.1 Å². The molecule has 14 heavy (non-hydrogen) atoms. The lowest BCUT2D eigenvalue weighted by atomic mass is 10.2. The molecule has 68 valence electrons. The van der Waals surface area contributed by atoms with Crippen LogP contribution in [0.4, 0.5) is 10.5 Å². The second-order valence-electron chi connectivity index (χ2n) is 2.43. The first-order valence-electron chi connectivity index (χ1n) is 3.86. The fourth-order valence-electron chi connectivity index (χ4n) is 0.937. The molecule has 1 aromatic carbocycles. The van der Waals surface area contributed by atoms with Gasteiger partial charge in [0.2, 0.25) is 0 Å². The first-order chi connectivity index (χ1) is 6.74. The average Bonchev–Trinajstić information content (AvgIpc) is 2.16. The number of benzene rings is 1. The normalized spacial score (nSPS) is 7.93. The van der Waals surface area contributed by atoms with E-state index in [-0.39, 0.29) is 0 Å². The molecule has 0 atom stereocenters. The van der Waals surface area contributed by atoms with E-state index in [9.17, 15) is 4.79 Å². The molecule has 0 saturated heterocycles. The summed E-state index contributed by atoms with van der Waals surface area (Å²) in [5.41, 5.74) is 6.18. The predicted molar refractivity (Wildman–Crippen MR) is 55.4 cm³/mol. The van der Waals surface area contributed by atoms with E-state index < -0.39 is 6.03 Å². The van der Waals surface area contributed by atoms with Crippen LogP contribution >= 0.6 is 0 Å². The van der Waals surface area contributed by atoms with E-state index in [1.54, 1.807) is 24.3 Å². The third-order valence-electron chi connectivity index (χ3n) is 1.45. The van der Waals surface area contributed by atoms with Crippen LogP contribution in [0.15, 0.2) is 24.3 Å². The van der Waals surface area contributed by atoms with E-state index in [4.69, 9.17) is 12.2 Å². The number of urea groups is 1. The summed E-state index contributed by atoms with van der Waals surface area (Å²) < 4.78 is 0. The molecule has 0 heterocycles. The summed E-state index contributed by atoms with van der Waals surface area (Å²) in [6.45, 7) is 0. The molecule has 0 bridgehead atoms. The number of rotatable bonds is 1. The Labute approximate surface area is 82.3 Å². The molecule has 3 N–H and O–H groups in total. The number of hydrogen-bond acceptors (Lipinski definition) is 1. The van der Waals surface area contributed by atoms with Gasteiger partial charge in [-0.2, -0.15) is 0 Å². The Morgan fingerprint density at radius 3 is 2.79 bits per heavy atom. The number of para-hydroxylation sites is 1. The number of nitrogens with two attached hydrogens (primary N) is 1. The monoisotopic (exact) mass is 184 g/mol. The Bertz CT molecular complexity index is 446. The lowest BCUT2D eigenvalue weighted by Gasteiger charge is -2.03. The highest BCUT2D eigenvalue weighted by molar-refractivity contribution is 5.89. The van der Waals surface area contributed by atoms with Crippen molar-refractivity contribution in [2.45, 2.75) is 0 Å². The van der Waals surface area contributed by atoms with Crippen molar-refractivity contribution in [1.82, 2.24) is 0 Å². The van der Waals surface area contributed by atoms with Crippen LogP contribution in [0.3, 0.4) is 0 Å². The van der Waals surface area contributed by atoms with Crippen LogP contribution in [0.25, 0.3) is 0 Å². The van der Waals surface area contributed by atoms with Crippen LogP contribution in [0.2, 0.25) is 0 Å². The molecule has 0 aliphatic heterocycles. The summed E-state index contributed by atoms with van der Waals surface area (Å²) >= 11 is 0. The van der Waals surface area contributed by atoms with Gasteiger partial charge in [-0.3, -0.25) is 0 Å². The Balaban J connectivity index is 3.04. The van der Waals surface area contributed by atoms with Gasteiger partial charge in [0.25, 0.3) is 0 Å². The van der Waals surface area contributed by atoms with Gasteiger partial charge in [-0.15, -0.1) is 6.42 Å². The van der Waals surface area contributed by atoms with Gasteiger partial charge < -0.3 is 11.1 Å². The molecule has 1 aromatic rings. The minimum Gasteiger partial charge on any atom is -0.351 e. The summed E-state index contributed by atoms with van der Waals surface area (Å²) in [4.78, 5) is 10.6. The fourth-order valence-corrected chi connectivity index (χ4v) is 0.937. The lowest BCUT2D eigenvalue weighted by molar-refractivity contribution is 0.259. The molecule has 0 unspecified atom stereocenters. The molecule has 0 fully saturated rings. The molecule has 0 saturated carbocycles. The zero-order valence-corrected chi connectivity index (χ0v) is 7.37. The average molecular weight is 184 g/mol. The zero-order valence-electron chi connectivity index (χ0n) is 7.37. The molecule has 3 nitrogen and oxygen atoms in total. The Hall–Kier alpha value is -2.39. The molecule has 0 aliphatic rings. The zero-order chi connectivity index (χ0) is 10.4. The minimum absolute atomic E-state index is 0.558. The SMILES string of the molecule is C#CC#Cc1ccccc1NC(N)=O. The second-order valence-corrected chi connectivity index (χ2v) is 2.43. The van der Waals surface area contributed by atoms with Crippen LogP contribution in [-0.2, 0) is 0 Å². The third kappa shape index (κ3) is 2.58. The summed E-state index contributed by atoms with van der Waals surface area (Å²) in [6, 6.07) is 6.39. The van der Waals surface area contributed by atoms with Crippen LogP contribution in [0, 0.1) is 24.2 Å². The van der Waals surface area contributed by atoms with Gasteiger partial charge in [0, 0.05) is 5.56 Å². The maximum absolute atomic E-state index is 10.6. The van der Waals surface area contributed by atoms with Crippen molar-refractivity contribution in [2.24, 2.45) is 5.73 Å². The fraction of sp³-hybridized carbons (Fsp3) is 0. The number of amides is 2. The highest BCUT2D eigenvalue weighted by Crippen LogP contribution is 2.12. The van der Waals surface area contributed by atoms with Crippen LogP contribution < -0.4 is 11.1 Å². The number of nitrogens with one attached hydrogen (secondary N) is 1. The Morgan fingerprint density at radius 1 is 1.43 bits per heavy atom. The minimum atomic E-state index is -0.625. The topological polar surface area (TPSA) is 55.1 Å². The number of carbonyl (C=O) groups is 1. The molecule has 0 radical (unpaired) electrons. The van der Waals surface area contributed by atoms with Crippen molar-refractivity contribution < 1.29 is 4.79 Å². The quantitative estimate of drug-likeness (QED) is 0.632. The van der Waals surface area contributed by atoms with Gasteiger partial charge in [0.05, 0.1) is 5.69 Å². The van der Waals surface area contributed by atoms with Crippen LogP contribution in [0.1, 0.15) is 5.56 Å². The van der Waals surface area contributed by atoms with Crippen molar-refractivity contribution in [1.29, 1.82) is 0 Å². The molecule has 2 amide bonds. The smallest absolute Gasteiger partial charge is 0.316 e. The maximum Gasteiger partial charge on any atom is 0.316 e. The summed E-state index contributed by atoms with van der Waals surface area (Å²) in [6.07, 6.45) is 4.99. The molecule has 0 aromatic heterocycles. The number of hydrogen-bond donors (Lipinski definition) is 2. The van der Waals surface area contributed by atoms with E-state index in [1.165, 1.54) is 0 Å². The first-order valence-corrected chi connectivity index (χ1v) is 3.86. The summed E-state index contributed by atoms with van der Waals surface area (Å²) in [7, 11) is 0. The molecule has 3 heteroatoms. The molecular formula is C11H8N2O. The van der Waals surface area contributed by atoms with Crippen molar-refractivity contribution in [3.05, 3.63) is 29.8 Å². The second kappa shape index (κ2) is 4.59. The highest BCUT2D eigenvalue weighted by atomic mass is 16.2. The van der Waals surface area contributed by atoms with Crippen molar-refractivity contribution >= 4 is 11.7 Å². The van der Waals surface area contributed by atoms with Crippen LogP contribution in [0.5, 0.6) is 0 Å². The third-order valence-corrected chi connectivity index (χ3v) is 1.45. The van der Waals surface area contributed by atoms with Gasteiger partial charge in [-0.05, 0) is 24.0 Å². The Kier molecular flexibility index (Phi) is 3.18. The van der Waals surface area contributed by atoms with E-state index >= 15 is 0 Å². The summed E-state index contributed by atoms with van der Waals surface area (Å²) in [5, 5.41) is 2.45. The molecule has 0 aliphatic carbocycles. The standard InChI is InChI=1S/C11H8N2O/c1-2-3-6-9-7-4-5-8-10(9)13-11(12)14/h1,4-5,7-8H,(H3,12,13,14). The molecular weight excluding hydrogens is 176 g/mol. The number of primary amides is 1. The Morgan fingerprint density at radius 2 is 2.14 bits per heavy atom. The lowest BCUT2D eigenvalue weighted by Crippen LogP contribution is -2.19. The number of carbonyl (C=O) groups excluding carboxylic acids is 1. The summed E-state index contributed by atoms with van der Waals surface area (Å²) in [5.74, 6) is 7.37. The number of anilines is 1. The van der Waals surface area contributed by atoms with Gasteiger partial charge in [0.1, 0.15) is 0 Å². The van der Waals surface area contributed by atoms with Crippen LogP contribution in [-0.4, -0.2) is 6.03 Å². The molecule has 0 spiro atoms. The largest absolute Gasteiger partial charge is 0.351 e.